The molecule has 1 aliphatic heterocycles. The van der Waals surface area contributed by atoms with E-state index in [2.05, 4.69) is 25.8 Å². The van der Waals surface area contributed by atoms with Gasteiger partial charge in [0.2, 0.25) is 0 Å². The Labute approximate surface area is 148 Å². The minimum Gasteiger partial charge on any atom is -0.480 e. The Hall–Kier alpha value is -1.95. The van der Waals surface area contributed by atoms with Crippen LogP contribution in [0.2, 0.25) is 0 Å². The highest BCUT2D eigenvalue weighted by molar-refractivity contribution is 5.97. The van der Waals surface area contributed by atoms with Crippen molar-refractivity contribution < 1.29 is 19.4 Å². The van der Waals surface area contributed by atoms with Gasteiger partial charge in [-0.25, -0.2) is 4.79 Å². The van der Waals surface area contributed by atoms with Gasteiger partial charge in [0.05, 0.1) is 12.2 Å². The van der Waals surface area contributed by atoms with Gasteiger partial charge in [-0.15, -0.1) is 0 Å². The molecule has 2 heterocycles. The van der Waals surface area contributed by atoms with E-state index in [1.165, 1.54) is 11.1 Å². The third-order valence-electron chi connectivity index (χ3n) is 5.66. The lowest BCUT2D eigenvalue weighted by atomic mass is 9.70. The van der Waals surface area contributed by atoms with Gasteiger partial charge in [0.15, 0.2) is 6.04 Å². The second kappa shape index (κ2) is 6.41. The van der Waals surface area contributed by atoms with E-state index in [1.54, 1.807) is 18.3 Å². The van der Waals surface area contributed by atoms with Crippen molar-refractivity contribution >= 4 is 11.9 Å². The van der Waals surface area contributed by atoms with Gasteiger partial charge >= 0.3 is 5.97 Å². The van der Waals surface area contributed by atoms with Gasteiger partial charge < -0.3 is 9.84 Å². The molecule has 1 aliphatic carbocycles. The lowest BCUT2D eigenvalue weighted by Crippen LogP contribution is -2.55. The molecule has 6 heteroatoms. The van der Waals surface area contributed by atoms with Gasteiger partial charge in [0, 0.05) is 12.4 Å². The molecule has 6 nitrogen and oxygen atoms in total. The average molecular weight is 346 g/mol. The molecule has 1 spiro atoms. The Kier molecular flexibility index (Phi) is 4.58. The monoisotopic (exact) mass is 346 g/mol. The largest absolute Gasteiger partial charge is 0.480 e. The number of aromatic nitrogens is 1. The number of ether oxygens (including phenoxy) is 1. The summed E-state index contributed by atoms with van der Waals surface area (Å²) in [5.41, 5.74) is -0.209. The summed E-state index contributed by atoms with van der Waals surface area (Å²) >= 11 is 0. The first-order valence-corrected chi connectivity index (χ1v) is 8.85. The van der Waals surface area contributed by atoms with Crippen LogP contribution in [0.15, 0.2) is 24.5 Å². The van der Waals surface area contributed by atoms with Gasteiger partial charge in [0.1, 0.15) is 5.72 Å². The molecule has 1 amide bonds. The summed E-state index contributed by atoms with van der Waals surface area (Å²) in [6, 6.07) is 2.41. The predicted molar refractivity (Wildman–Crippen MR) is 91.9 cm³/mol. The number of hydrogen-bond acceptors (Lipinski definition) is 4. The lowest BCUT2D eigenvalue weighted by molar-refractivity contribution is -0.144. The van der Waals surface area contributed by atoms with E-state index in [4.69, 9.17) is 4.74 Å². The maximum Gasteiger partial charge on any atom is 0.328 e. The number of carbonyl (C=O) groups is 2. The molecule has 2 aliphatic rings. The fraction of sp³-hybridized carbons (Fsp3) is 0.632. The van der Waals surface area contributed by atoms with Crippen LogP contribution in [-0.4, -0.2) is 45.2 Å². The van der Waals surface area contributed by atoms with Crippen molar-refractivity contribution in [3.05, 3.63) is 30.1 Å². The third-order valence-corrected chi connectivity index (χ3v) is 5.66. The van der Waals surface area contributed by atoms with Gasteiger partial charge in [0.25, 0.3) is 5.91 Å². The summed E-state index contributed by atoms with van der Waals surface area (Å²) in [7, 11) is 0. The Morgan fingerprint density at radius 2 is 2.00 bits per heavy atom. The first-order chi connectivity index (χ1) is 11.7. The minimum atomic E-state index is -1.02. The Bertz CT molecular complexity index is 645. The third kappa shape index (κ3) is 3.27. The summed E-state index contributed by atoms with van der Waals surface area (Å²) in [5.74, 6) is -0.791. The van der Waals surface area contributed by atoms with Gasteiger partial charge in [-0.1, -0.05) is 20.8 Å². The smallest absolute Gasteiger partial charge is 0.328 e. The van der Waals surface area contributed by atoms with Crippen molar-refractivity contribution in [3.8, 4) is 0 Å². The van der Waals surface area contributed by atoms with Crippen molar-refractivity contribution in [2.24, 2.45) is 11.3 Å². The number of aliphatic carboxylic acids is 1. The quantitative estimate of drug-likeness (QED) is 0.890. The van der Waals surface area contributed by atoms with Crippen LogP contribution in [0.1, 0.15) is 56.8 Å². The van der Waals surface area contributed by atoms with Crippen LogP contribution in [0, 0.1) is 11.3 Å². The van der Waals surface area contributed by atoms with Crippen molar-refractivity contribution in [1.82, 2.24) is 9.88 Å². The average Bonchev–Trinajstić information content (AvgIpc) is 2.93. The molecule has 1 saturated carbocycles. The summed E-state index contributed by atoms with van der Waals surface area (Å²) in [6.45, 7) is 6.72. The molecule has 0 radical (unpaired) electrons. The first-order valence-electron chi connectivity index (χ1n) is 8.85. The Morgan fingerprint density at radius 3 is 2.52 bits per heavy atom. The fourth-order valence-corrected chi connectivity index (χ4v) is 4.12. The van der Waals surface area contributed by atoms with E-state index in [0.717, 1.165) is 12.8 Å². The maximum atomic E-state index is 13.1. The van der Waals surface area contributed by atoms with Crippen LogP contribution < -0.4 is 0 Å². The zero-order chi connectivity index (χ0) is 18.2. The van der Waals surface area contributed by atoms with Crippen LogP contribution in [0.25, 0.3) is 0 Å². The molecule has 3 rings (SSSR count). The second-order valence-corrected chi connectivity index (χ2v) is 8.17. The van der Waals surface area contributed by atoms with E-state index in [-0.39, 0.29) is 17.9 Å². The van der Waals surface area contributed by atoms with Crippen LogP contribution in [0.4, 0.5) is 0 Å². The molecular weight excluding hydrogens is 320 g/mol. The molecule has 1 N–H and O–H groups in total. The highest BCUT2D eigenvalue weighted by Gasteiger charge is 2.54. The van der Waals surface area contributed by atoms with Crippen molar-refractivity contribution in [2.75, 3.05) is 6.61 Å². The number of carboxylic acid groups (broad SMARTS) is 1. The normalized spacial score (nSPS) is 29.8. The molecule has 1 saturated heterocycles. The molecule has 1 unspecified atom stereocenters. The first kappa shape index (κ1) is 17.9. The summed E-state index contributed by atoms with van der Waals surface area (Å²) in [5, 5.41) is 9.59. The van der Waals surface area contributed by atoms with Gasteiger partial charge in [-0.05, 0) is 49.1 Å². The number of carboxylic acids is 1. The van der Waals surface area contributed by atoms with Gasteiger partial charge in [-0.2, -0.15) is 0 Å². The molecule has 136 valence electrons. The van der Waals surface area contributed by atoms with Crippen LogP contribution in [0.5, 0.6) is 0 Å². The molecule has 1 atom stereocenters. The van der Waals surface area contributed by atoms with Gasteiger partial charge in [-0.3, -0.25) is 14.7 Å². The summed E-state index contributed by atoms with van der Waals surface area (Å²) < 4.78 is 5.98. The highest BCUT2D eigenvalue weighted by atomic mass is 16.5. The van der Waals surface area contributed by atoms with E-state index >= 15 is 0 Å². The highest BCUT2D eigenvalue weighted by Crippen LogP contribution is 2.47. The number of carbonyl (C=O) groups excluding carboxylic acids is 1. The fourth-order valence-electron chi connectivity index (χ4n) is 4.12. The summed E-state index contributed by atoms with van der Waals surface area (Å²) in [6.07, 6.45) is 6.26. The summed E-state index contributed by atoms with van der Waals surface area (Å²) in [4.78, 5) is 30.2. The van der Waals surface area contributed by atoms with Crippen LogP contribution >= 0.6 is 0 Å². The van der Waals surface area contributed by atoms with Crippen LogP contribution in [0.3, 0.4) is 0 Å². The zero-order valence-corrected chi connectivity index (χ0v) is 15.1. The van der Waals surface area contributed by atoms with Crippen molar-refractivity contribution in [3.63, 3.8) is 0 Å². The maximum absolute atomic E-state index is 13.1. The van der Waals surface area contributed by atoms with E-state index in [0.29, 0.717) is 24.3 Å². The number of amides is 1. The molecule has 25 heavy (non-hydrogen) atoms. The van der Waals surface area contributed by atoms with E-state index in [1.807, 2.05) is 0 Å². The van der Waals surface area contributed by atoms with Crippen LogP contribution in [-0.2, 0) is 9.53 Å². The number of hydrogen-bond donors (Lipinski definition) is 1. The molecule has 1 aromatic rings. The van der Waals surface area contributed by atoms with E-state index < -0.39 is 17.7 Å². The molecule has 0 bridgehead atoms. The number of nitrogens with zero attached hydrogens (tertiary/aromatic N) is 2. The Balaban J connectivity index is 1.88. The number of rotatable bonds is 2. The topological polar surface area (TPSA) is 79.7 Å². The number of pyridine rings is 1. The minimum absolute atomic E-state index is 0.0432. The molecule has 2 fully saturated rings. The molecular formula is C19H26N2O4. The van der Waals surface area contributed by atoms with Crippen molar-refractivity contribution in [1.29, 1.82) is 0 Å². The standard InChI is InChI=1S/C19H26N2O4/c1-18(2,3)14-6-8-19(9-7-14)21(15(12-25-19)17(23)24)16(22)13-5-4-10-20-11-13/h4-5,10-11,14-15H,6-9,12H2,1-3H3,(H,23,24). The SMILES string of the molecule is CC(C)(C)C1CCC2(CC1)OCC(C(=O)O)N2C(=O)c1cccnc1. The second-order valence-electron chi connectivity index (χ2n) is 8.17. The van der Waals surface area contributed by atoms with E-state index in [9.17, 15) is 14.7 Å². The molecule has 0 aromatic carbocycles. The lowest BCUT2D eigenvalue weighted by Gasteiger charge is -2.46. The van der Waals surface area contributed by atoms with Crippen molar-refractivity contribution in [2.45, 2.75) is 58.2 Å². The Morgan fingerprint density at radius 1 is 1.32 bits per heavy atom. The molecule has 1 aromatic heterocycles. The zero-order valence-electron chi connectivity index (χ0n) is 15.1. The predicted octanol–water partition coefficient (Wildman–Crippen LogP) is 2.94.